The molecule has 0 spiro atoms. The lowest BCUT2D eigenvalue weighted by molar-refractivity contribution is -0.136. The van der Waals surface area contributed by atoms with E-state index in [-0.39, 0.29) is 40.2 Å². The smallest absolute Gasteiger partial charge is 0.307 e. The van der Waals surface area contributed by atoms with Crippen LogP contribution in [-0.4, -0.2) is 27.4 Å². The first-order valence-electron chi connectivity index (χ1n) is 8.05. The summed E-state index contributed by atoms with van der Waals surface area (Å²) in [5.41, 5.74) is 0.152. The summed E-state index contributed by atoms with van der Waals surface area (Å²) in [5, 5.41) is 28.1. The van der Waals surface area contributed by atoms with Crippen molar-refractivity contribution in [1.29, 1.82) is 0 Å². The second-order valence-corrected chi connectivity index (χ2v) is 6.07. The van der Waals surface area contributed by atoms with Gasteiger partial charge in [-0.05, 0) is 31.4 Å². The van der Waals surface area contributed by atoms with Crippen LogP contribution in [0.15, 0.2) is 27.4 Å². The average molecular weight is 334 g/mol. The van der Waals surface area contributed by atoms with E-state index in [1.807, 2.05) is 0 Å². The molecule has 130 valence electrons. The normalized spacial score (nSPS) is 12.4. The first-order chi connectivity index (χ1) is 11.4. The Hall–Kier alpha value is -2.34. The fourth-order valence-corrected chi connectivity index (χ4v) is 2.75. The van der Waals surface area contributed by atoms with E-state index >= 15 is 0 Å². The fourth-order valence-electron chi connectivity index (χ4n) is 2.75. The van der Waals surface area contributed by atoms with Gasteiger partial charge in [0, 0.05) is 18.6 Å². The highest BCUT2D eigenvalue weighted by Gasteiger charge is 2.14. The van der Waals surface area contributed by atoms with Gasteiger partial charge in [0.1, 0.15) is 17.1 Å². The van der Waals surface area contributed by atoms with Crippen LogP contribution in [0.5, 0.6) is 5.75 Å². The molecule has 0 amide bonds. The Kier molecular flexibility index (Phi) is 5.98. The van der Waals surface area contributed by atoms with Crippen LogP contribution in [0.1, 0.15) is 43.9 Å². The Morgan fingerprint density at radius 2 is 1.96 bits per heavy atom. The number of benzene rings is 1. The van der Waals surface area contributed by atoms with Crippen LogP contribution in [0.2, 0.25) is 0 Å². The van der Waals surface area contributed by atoms with E-state index in [9.17, 15) is 19.8 Å². The van der Waals surface area contributed by atoms with Gasteiger partial charge in [-0.25, -0.2) is 0 Å². The molecule has 1 aromatic heterocycles. The Morgan fingerprint density at radius 3 is 2.62 bits per heavy atom. The third-order valence-electron chi connectivity index (χ3n) is 3.83. The molecule has 0 fully saturated rings. The predicted octanol–water partition coefficient (Wildman–Crippen LogP) is 2.61. The summed E-state index contributed by atoms with van der Waals surface area (Å²) in [6.45, 7) is 1.75. The molecule has 2 rings (SSSR count). The van der Waals surface area contributed by atoms with Gasteiger partial charge in [0.2, 0.25) is 0 Å². The zero-order valence-electron chi connectivity index (χ0n) is 13.6. The molecule has 2 aromatic rings. The quantitative estimate of drug-likeness (QED) is 0.640. The van der Waals surface area contributed by atoms with Gasteiger partial charge in [0.05, 0.1) is 17.9 Å². The molecule has 3 N–H and O–H groups in total. The molecule has 0 aliphatic rings. The van der Waals surface area contributed by atoms with Gasteiger partial charge in [-0.2, -0.15) is 0 Å². The topological polar surface area (TPSA) is 108 Å². The molecule has 0 radical (unpaired) electrons. The van der Waals surface area contributed by atoms with E-state index in [0.717, 1.165) is 25.7 Å². The maximum absolute atomic E-state index is 12.3. The van der Waals surface area contributed by atoms with Crippen molar-refractivity contribution < 1.29 is 24.5 Å². The third kappa shape index (κ3) is 4.83. The van der Waals surface area contributed by atoms with Gasteiger partial charge < -0.3 is 19.7 Å². The van der Waals surface area contributed by atoms with Crippen LogP contribution in [0.3, 0.4) is 0 Å². The predicted molar refractivity (Wildman–Crippen MR) is 89.3 cm³/mol. The summed E-state index contributed by atoms with van der Waals surface area (Å²) < 4.78 is 5.67. The van der Waals surface area contributed by atoms with Crippen LogP contribution in [0.25, 0.3) is 11.0 Å². The van der Waals surface area contributed by atoms with Crippen molar-refractivity contribution in [2.75, 3.05) is 0 Å². The third-order valence-corrected chi connectivity index (χ3v) is 3.83. The van der Waals surface area contributed by atoms with Crippen molar-refractivity contribution in [3.8, 4) is 5.75 Å². The van der Waals surface area contributed by atoms with E-state index in [1.54, 1.807) is 6.92 Å². The molecule has 6 heteroatoms. The SMILES string of the molecule is C[C@H](O)CCCCCc1cc(=O)c2c(CC(=O)O)cc(O)cc2o1. The monoisotopic (exact) mass is 334 g/mol. The van der Waals surface area contributed by atoms with Crippen molar-refractivity contribution in [1.82, 2.24) is 0 Å². The van der Waals surface area contributed by atoms with Crippen LogP contribution in [-0.2, 0) is 17.6 Å². The van der Waals surface area contributed by atoms with E-state index in [0.29, 0.717) is 12.2 Å². The average Bonchev–Trinajstić information content (AvgIpc) is 2.44. The highest BCUT2D eigenvalue weighted by atomic mass is 16.4. The van der Waals surface area contributed by atoms with Gasteiger partial charge in [0.25, 0.3) is 0 Å². The maximum Gasteiger partial charge on any atom is 0.307 e. The molecule has 24 heavy (non-hydrogen) atoms. The number of aliphatic hydroxyl groups is 1. The Bertz CT molecular complexity index is 775. The number of carboxylic acid groups (broad SMARTS) is 1. The molecule has 0 bridgehead atoms. The molecule has 0 unspecified atom stereocenters. The number of hydrogen-bond acceptors (Lipinski definition) is 5. The summed E-state index contributed by atoms with van der Waals surface area (Å²) in [7, 11) is 0. The van der Waals surface area contributed by atoms with Crippen molar-refractivity contribution in [2.24, 2.45) is 0 Å². The number of rotatable bonds is 8. The number of aliphatic carboxylic acids is 1. The van der Waals surface area contributed by atoms with Crippen molar-refractivity contribution in [3.63, 3.8) is 0 Å². The van der Waals surface area contributed by atoms with Crippen LogP contribution < -0.4 is 5.43 Å². The van der Waals surface area contributed by atoms with E-state index < -0.39 is 5.97 Å². The molecular weight excluding hydrogens is 312 g/mol. The minimum Gasteiger partial charge on any atom is -0.508 e. The largest absolute Gasteiger partial charge is 0.508 e. The lowest BCUT2D eigenvalue weighted by Crippen LogP contribution is -2.08. The second-order valence-electron chi connectivity index (χ2n) is 6.07. The second kappa shape index (κ2) is 7.97. The van der Waals surface area contributed by atoms with Crippen LogP contribution >= 0.6 is 0 Å². The highest BCUT2D eigenvalue weighted by Crippen LogP contribution is 2.24. The number of aliphatic hydroxyl groups excluding tert-OH is 1. The molecule has 0 aliphatic heterocycles. The first-order valence-corrected chi connectivity index (χ1v) is 8.05. The number of fused-ring (bicyclic) bond motifs is 1. The molecule has 6 nitrogen and oxygen atoms in total. The van der Waals surface area contributed by atoms with Crippen molar-refractivity contribution >= 4 is 16.9 Å². The zero-order chi connectivity index (χ0) is 17.7. The lowest BCUT2D eigenvalue weighted by atomic mass is 10.0. The van der Waals surface area contributed by atoms with Crippen LogP contribution in [0, 0.1) is 0 Å². The van der Waals surface area contributed by atoms with Gasteiger partial charge in [-0.15, -0.1) is 0 Å². The fraction of sp³-hybridized carbons (Fsp3) is 0.444. The number of aromatic hydroxyl groups is 1. The van der Waals surface area contributed by atoms with E-state index in [4.69, 9.17) is 9.52 Å². The van der Waals surface area contributed by atoms with Crippen LogP contribution in [0.4, 0.5) is 0 Å². The number of carbonyl (C=O) groups is 1. The summed E-state index contributed by atoms with van der Waals surface area (Å²) in [6.07, 6.45) is 3.30. The highest BCUT2D eigenvalue weighted by molar-refractivity contribution is 5.86. The molecule has 1 heterocycles. The van der Waals surface area contributed by atoms with Gasteiger partial charge in [0.15, 0.2) is 5.43 Å². The molecule has 1 aromatic carbocycles. The number of phenolic OH excluding ortho intramolecular Hbond substituents is 1. The van der Waals surface area contributed by atoms with Gasteiger partial charge >= 0.3 is 5.97 Å². The molecular formula is C18H22O6. The lowest BCUT2D eigenvalue weighted by Gasteiger charge is -2.07. The Balaban J connectivity index is 2.20. The number of phenols is 1. The van der Waals surface area contributed by atoms with Crippen molar-refractivity contribution in [2.45, 2.75) is 51.6 Å². The summed E-state index contributed by atoms with van der Waals surface area (Å²) in [4.78, 5) is 23.2. The van der Waals surface area contributed by atoms with E-state index in [2.05, 4.69) is 0 Å². The summed E-state index contributed by atoms with van der Waals surface area (Å²) in [5.74, 6) is -0.698. The molecule has 1 atom stereocenters. The Labute approximate surface area is 139 Å². The molecule has 0 saturated heterocycles. The minimum absolute atomic E-state index is 0.129. The summed E-state index contributed by atoms with van der Waals surface area (Å²) >= 11 is 0. The summed E-state index contributed by atoms with van der Waals surface area (Å²) in [6, 6.07) is 4.00. The number of aryl methyl sites for hydroxylation is 1. The minimum atomic E-state index is -1.08. The van der Waals surface area contributed by atoms with Gasteiger partial charge in [-0.3, -0.25) is 9.59 Å². The van der Waals surface area contributed by atoms with Crippen molar-refractivity contribution in [3.05, 3.63) is 39.7 Å². The number of carboxylic acids is 1. The molecule has 0 aliphatic carbocycles. The molecule has 0 saturated carbocycles. The number of hydrogen-bond donors (Lipinski definition) is 3. The maximum atomic E-state index is 12.3. The first kappa shape index (κ1) is 18.0. The van der Waals surface area contributed by atoms with E-state index in [1.165, 1.54) is 18.2 Å². The number of unbranched alkanes of at least 4 members (excludes halogenated alkanes) is 2. The standard InChI is InChI=1S/C18H22O6/c1-11(19)5-3-2-4-6-14-10-15(21)18-12(8-17(22)23)7-13(20)9-16(18)24-14/h7,9-11,19-20H,2-6,8H2,1H3,(H,22,23)/t11-/m0/s1. The zero-order valence-corrected chi connectivity index (χ0v) is 13.6. The Morgan fingerprint density at radius 1 is 1.21 bits per heavy atom. The van der Waals surface area contributed by atoms with Gasteiger partial charge in [-0.1, -0.05) is 12.8 Å².